The second-order valence-corrected chi connectivity index (χ2v) is 3.57. The van der Waals surface area contributed by atoms with Crippen molar-refractivity contribution >= 4 is 17.6 Å². The number of halogens is 2. The molecule has 2 aromatic rings. The molecule has 7 heteroatoms. The van der Waals surface area contributed by atoms with Gasteiger partial charge in [-0.25, -0.2) is 9.18 Å². The van der Waals surface area contributed by atoms with Gasteiger partial charge in [0.2, 0.25) is 5.76 Å². The first-order valence-electron chi connectivity index (χ1n) is 4.37. The molecule has 0 fully saturated rings. The largest absolute Gasteiger partial charge is 0.507 e. The number of carboxylic acids is 1. The molecule has 17 heavy (non-hydrogen) atoms. The Kier molecular flexibility index (Phi) is 2.72. The van der Waals surface area contributed by atoms with Crippen LogP contribution in [-0.4, -0.2) is 21.3 Å². The van der Waals surface area contributed by atoms with Crippen LogP contribution in [0.15, 0.2) is 22.7 Å². The molecule has 2 rings (SSSR count). The highest BCUT2D eigenvalue weighted by Crippen LogP contribution is 2.33. The van der Waals surface area contributed by atoms with E-state index >= 15 is 0 Å². The SMILES string of the molecule is O=C(O)c1cc(-c2cc(Cl)c(F)cc2O)no1. The van der Waals surface area contributed by atoms with E-state index in [1.54, 1.807) is 0 Å². The van der Waals surface area contributed by atoms with Crippen LogP contribution in [0.1, 0.15) is 10.6 Å². The molecule has 0 saturated heterocycles. The third kappa shape index (κ3) is 2.07. The summed E-state index contributed by atoms with van der Waals surface area (Å²) >= 11 is 5.54. The van der Waals surface area contributed by atoms with E-state index in [2.05, 4.69) is 9.68 Å². The Morgan fingerprint density at radius 1 is 1.41 bits per heavy atom. The average Bonchev–Trinajstić information content (AvgIpc) is 2.72. The maximum atomic E-state index is 13.0. The molecule has 0 atom stereocenters. The molecule has 0 aliphatic rings. The van der Waals surface area contributed by atoms with Crippen LogP contribution in [0.2, 0.25) is 5.02 Å². The number of aromatic hydroxyl groups is 1. The predicted octanol–water partition coefficient (Wildman–Crippen LogP) is 2.54. The van der Waals surface area contributed by atoms with Gasteiger partial charge in [-0.3, -0.25) is 0 Å². The first-order chi connectivity index (χ1) is 7.99. The standard InChI is InChI=1S/C10H5ClFNO4/c11-5-1-4(8(14)2-6(5)12)7-3-9(10(15)16)17-13-7/h1-3,14H,(H,15,16). The Labute approximate surface area is 99.0 Å². The normalized spacial score (nSPS) is 10.5. The van der Waals surface area contributed by atoms with E-state index in [0.29, 0.717) is 0 Å². The molecule has 1 heterocycles. The van der Waals surface area contributed by atoms with Crippen LogP contribution in [0.4, 0.5) is 4.39 Å². The van der Waals surface area contributed by atoms with E-state index in [9.17, 15) is 14.3 Å². The van der Waals surface area contributed by atoms with E-state index in [1.807, 2.05) is 0 Å². The van der Waals surface area contributed by atoms with Crippen molar-refractivity contribution in [2.75, 3.05) is 0 Å². The van der Waals surface area contributed by atoms with Crippen LogP contribution < -0.4 is 0 Å². The number of aromatic nitrogens is 1. The van der Waals surface area contributed by atoms with Gasteiger partial charge in [0.25, 0.3) is 0 Å². The summed E-state index contributed by atoms with van der Waals surface area (Å²) in [5.74, 6) is -2.87. The molecule has 0 amide bonds. The maximum Gasteiger partial charge on any atom is 0.374 e. The number of hydrogen-bond acceptors (Lipinski definition) is 4. The quantitative estimate of drug-likeness (QED) is 0.864. The molecule has 0 unspecified atom stereocenters. The zero-order valence-corrected chi connectivity index (χ0v) is 8.90. The summed E-state index contributed by atoms with van der Waals surface area (Å²) in [7, 11) is 0. The molecule has 5 nitrogen and oxygen atoms in total. The number of benzene rings is 1. The Hall–Kier alpha value is -2.08. The molecule has 1 aromatic heterocycles. The fourth-order valence-electron chi connectivity index (χ4n) is 1.24. The highest BCUT2D eigenvalue weighted by molar-refractivity contribution is 6.31. The molecule has 0 radical (unpaired) electrons. The molecule has 0 aliphatic heterocycles. The summed E-state index contributed by atoms with van der Waals surface area (Å²) in [5, 5.41) is 21.4. The summed E-state index contributed by atoms with van der Waals surface area (Å²) in [6.45, 7) is 0. The van der Waals surface area contributed by atoms with Crippen molar-refractivity contribution in [1.82, 2.24) is 5.16 Å². The van der Waals surface area contributed by atoms with Crippen LogP contribution >= 0.6 is 11.6 Å². The van der Waals surface area contributed by atoms with Crippen molar-refractivity contribution in [3.8, 4) is 17.0 Å². The van der Waals surface area contributed by atoms with Gasteiger partial charge in [0, 0.05) is 17.7 Å². The molecule has 88 valence electrons. The van der Waals surface area contributed by atoms with E-state index in [1.165, 1.54) is 0 Å². The summed E-state index contributed by atoms with van der Waals surface area (Å²) in [4.78, 5) is 10.6. The van der Waals surface area contributed by atoms with Gasteiger partial charge in [0.1, 0.15) is 17.3 Å². The Balaban J connectivity index is 2.52. The lowest BCUT2D eigenvalue weighted by molar-refractivity contribution is 0.0652. The van der Waals surface area contributed by atoms with Crippen LogP contribution in [0.25, 0.3) is 11.3 Å². The number of phenolic OH excluding ortho intramolecular Hbond substituents is 1. The lowest BCUT2D eigenvalue weighted by Gasteiger charge is -2.01. The monoisotopic (exact) mass is 257 g/mol. The van der Waals surface area contributed by atoms with Crippen LogP contribution in [0.3, 0.4) is 0 Å². The lowest BCUT2D eigenvalue weighted by Crippen LogP contribution is -1.91. The zero-order valence-electron chi connectivity index (χ0n) is 8.15. The summed E-state index contributed by atoms with van der Waals surface area (Å²) in [6, 6.07) is 3.05. The number of hydrogen-bond donors (Lipinski definition) is 2. The van der Waals surface area contributed by atoms with E-state index in [0.717, 1.165) is 18.2 Å². The van der Waals surface area contributed by atoms with E-state index in [-0.39, 0.29) is 22.0 Å². The van der Waals surface area contributed by atoms with Crippen LogP contribution in [0.5, 0.6) is 5.75 Å². The van der Waals surface area contributed by atoms with Gasteiger partial charge in [0.15, 0.2) is 0 Å². The number of phenols is 1. The van der Waals surface area contributed by atoms with Crippen molar-refractivity contribution in [3.05, 3.63) is 34.8 Å². The Bertz CT molecular complexity index is 596. The molecular weight excluding hydrogens is 253 g/mol. The minimum absolute atomic E-state index is 0.0572. The van der Waals surface area contributed by atoms with Crippen molar-refractivity contribution in [1.29, 1.82) is 0 Å². The lowest BCUT2D eigenvalue weighted by atomic mass is 10.1. The van der Waals surface area contributed by atoms with Gasteiger partial charge in [-0.05, 0) is 6.07 Å². The highest BCUT2D eigenvalue weighted by atomic mass is 35.5. The first kappa shape index (κ1) is 11.4. The van der Waals surface area contributed by atoms with Gasteiger partial charge in [-0.2, -0.15) is 0 Å². The molecule has 0 spiro atoms. The Morgan fingerprint density at radius 3 is 2.71 bits per heavy atom. The molecule has 0 saturated carbocycles. The fourth-order valence-corrected chi connectivity index (χ4v) is 1.41. The molecule has 1 aromatic carbocycles. The van der Waals surface area contributed by atoms with Crippen molar-refractivity contribution < 1.29 is 23.9 Å². The Morgan fingerprint density at radius 2 is 2.12 bits per heavy atom. The van der Waals surface area contributed by atoms with Crippen molar-refractivity contribution in [2.45, 2.75) is 0 Å². The molecular formula is C10H5ClFNO4. The zero-order chi connectivity index (χ0) is 12.6. The fraction of sp³-hybridized carbons (Fsp3) is 0. The predicted molar refractivity (Wildman–Crippen MR) is 55.5 cm³/mol. The van der Waals surface area contributed by atoms with Gasteiger partial charge in [0.05, 0.1) is 5.02 Å². The summed E-state index contributed by atoms with van der Waals surface area (Å²) < 4.78 is 17.5. The molecule has 0 bridgehead atoms. The minimum atomic E-state index is -1.29. The van der Waals surface area contributed by atoms with Crippen molar-refractivity contribution in [3.63, 3.8) is 0 Å². The molecule has 0 aliphatic carbocycles. The topological polar surface area (TPSA) is 83.6 Å². The minimum Gasteiger partial charge on any atom is -0.507 e. The third-order valence-electron chi connectivity index (χ3n) is 2.04. The van der Waals surface area contributed by atoms with E-state index in [4.69, 9.17) is 16.7 Å². The van der Waals surface area contributed by atoms with Gasteiger partial charge in [-0.15, -0.1) is 0 Å². The maximum absolute atomic E-state index is 13.0. The number of carbonyl (C=O) groups is 1. The second-order valence-electron chi connectivity index (χ2n) is 3.17. The van der Waals surface area contributed by atoms with Crippen LogP contribution in [-0.2, 0) is 0 Å². The second kappa shape index (κ2) is 4.06. The highest BCUT2D eigenvalue weighted by Gasteiger charge is 2.16. The number of carboxylic acid groups (broad SMARTS) is 1. The smallest absolute Gasteiger partial charge is 0.374 e. The summed E-state index contributed by atoms with van der Waals surface area (Å²) in [5.41, 5.74) is 0.148. The van der Waals surface area contributed by atoms with Gasteiger partial charge >= 0.3 is 5.97 Å². The van der Waals surface area contributed by atoms with Crippen molar-refractivity contribution in [2.24, 2.45) is 0 Å². The van der Waals surface area contributed by atoms with Gasteiger partial charge < -0.3 is 14.7 Å². The first-order valence-corrected chi connectivity index (χ1v) is 4.75. The summed E-state index contributed by atoms with van der Waals surface area (Å²) in [6.07, 6.45) is 0. The average molecular weight is 258 g/mol. The van der Waals surface area contributed by atoms with Crippen LogP contribution in [0, 0.1) is 5.82 Å². The number of aromatic carboxylic acids is 1. The molecule has 2 N–H and O–H groups in total. The van der Waals surface area contributed by atoms with Gasteiger partial charge in [-0.1, -0.05) is 16.8 Å². The number of rotatable bonds is 2. The number of nitrogens with zero attached hydrogens (tertiary/aromatic N) is 1. The third-order valence-corrected chi connectivity index (χ3v) is 2.33. The van der Waals surface area contributed by atoms with E-state index < -0.39 is 17.5 Å².